The predicted octanol–water partition coefficient (Wildman–Crippen LogP) is 2.49. The van der Waals surface area contributed by atoms with Gasteiger partial charge in [0.15, 0.2) is 0 Å². The van der Waals surface area contributed by atoms with Gasteiger partial charge in [-0.25, -0.2) is 4.79 Å². The number of ether oxygens (including phenoxy) is 1. The Balaban J connectivity index is 2.63. The van der Waals surface area contributed by atoms with Gasteiger partial charge in [-0.3, -0.25) is 4.90 Å². The van der Waals surface area contributed by atoms with Gasteiger partial charge >= 0.3 is 12.3 Å². The minimum absolute atomic E-state index is 0.257. The van der Waals surface area contributed by atoms with Crippen LogP contribution in [0, 0.1) is 0 Å². The molecule has 0 N–H and O–H groups in total. The van der Waals surface area contributed by atoms with Gasteiger partial charge in [0.25, 0.3) is 0 Å². The highest BCUT2D eigenvalue weighted by Gasteiger charge is 2.48. The van der Waals surface area contributed by atoms with Crippen LogP contribution in [0.15, 0.2) is 0 Å². The molecule has 0 spiro atoms. The van der Waals surface area contributed by atoms with E-state index in [0.29, 0.717) is 0 Å². The summed E-state index contributed by atoms with van der Waals surface area (Å²) in [6.45, 7) is 3.77. The summed E-state index contributed by atoms with van der Waals surface area (Å²) in [4.78, 5) is 14.1. The number of likely N-dealkylation sites (N-methyl/N-ethyl adjacent to an activating group) is 1. The van der Waals surface area contributed by atoms with E-state index in [1.165, 1.54) is 11.9 Å². The Morgan fingerprint density at radius 3 is 2.53 bits per heavy atom. The molecule has 2 unspecified atom stereocenters. The van der Waals surface area contributed by atoms with Crippen molar-refractivity contribution in [1.82, 2.24) is 9.80 Å². The maximum Gasteiger partial charge on any atom is 0.409 e. The van der Waals surface area contributed by atoms with Crippen LogP contribution in [0.5, 0.6) is 0 Å². The standard InChI is InChI=1S/C12H21F3N2O2/c1-4-5-6-19-11(18)17-7-9(2)16(3)10(8-17)12(13,14)15/h9-10H,4-8H2,1-3H3. The van der Waals surface area contributed by atoms with E-state index in [1.54, 1.807) is 6.92 Å². The molecule has 1 amide bonds. The van der Waals surface area contributed by atoms with E-state index in [4.69, 9.17) is 4.74 Å². The number of nitrogens with zero attached hydrogens (tertiary/aromatic N) is 2. The maximum absolute atomic E-state index is 12.9. The summed E-state index contributed by atoms with van der Waals surface area (Å²) in [5.41, 5.74) is 0. The fourth-order valence-electron chi connectivity index (χ4n) is 2.05. The van der Waals surface area contributed by atoms with Gasteiger partial charge in [-0.2, -0.15) is 13.2 Å². The number of rotatable bonds is 3. The van der Waals surface area contributed by atoms with Gasteiger partial charge in [0, 0.05) is 19.1 Å². The monoisotopic (exact) mass is 282 g/mol. The Morgan fingerprint density at radius 2 is 2.00 bits per heavy atom. The van der Waals surface area contributed by atoms with Crippen molar-refractivity contribution in [3.63, 3.8) is 0 Å². The molecular formula is C12H21F3N2O2. The van der Waals surface area contributed by atoms with Crippen molar-refractivity contribution in [3.8, 4) is 0 Å². The van der Waals surface area contributed by atoms with E-state index < -0.39 is 18.3 Å². The fourth-order valence-corrected chi connectivity index (χ4v) is 2.05. The third kappa shape index (κ3) is 4.26. The number of piperazine rings is 1. The first-order valence-corrected chi connectivity index (χ1v) is 6.47. The molecule has 1 rings (SSSR count). The van der Waals surface area contributed by atoms with Crippen molar-refractivity contribution in [1.29, 1.82) is 0 Å². The van der Waals surface area contributed by atoms with E-state index in [1.807, 2.05) is 6.92 Å². The first kappa shape index (κ1) is 16.1. The lowest BCUT2D eigenvalue weighted by Gasteiger charge is -2.43. The zero-order chi connectivity index (χ0) is 14.6. The summed E-state index contributed by atoms with van der Waals surface area (Å²) >= 11 is 0. The lowest BCUT2D eigenvalue weighted by molar-refractivity contribution is -0.197. The smallest absolute Gasteiger partial charge is 0.409 e. The highest BCUT2D eigenvalue weighted by molar-refractivity contribution is 5.67. The quantitative estimate of drug-likeness (QED) is 0.746. The minimum atomic E-state index is -4.34. The zero-order valence-electron chi connectivity index (χ0n) is 11.5. The number of carbonyl (C=O) groups is 1. The van der Waals surface area contributed by atoms with Crippen LogP contribution in [0.4, 0.5) is 18.0 Å². The Kier molecular flexibility index (Phi) is 5.46. The average Bonchev–Trinajstić information content (AvgIpc) is 2.31. The third-order valence-corrected chi connectivity index (χ3v) is 3.42. The average molecular weight is 282 g/mol. The molecule has 7 heteroatoms. The minimum Gasteiger partial charge on any atom is -0.449 e. The molecular weight excluding hydrogens is 261 g/mol. The van der Waals surface area contributed by atoms with Crippen LogP contribution in [0.2, 0.25) is 0 Å². The van der Waals surface area contributed by atoms with Gasteiger partial charge < -0.3 is 9.64 Å². The largest absolute Gasteiger partial charge is 0.449 e. The van der Waals surface area contributed by atoms with Gasteiger partial charge in [0.1, 0.15) is 6.04 Å². The van der Waals surface area contributed by atoms with Gasteiger partial charge in [-0.05, 0) is 20.4 Å². The van der Waals surface area contributed by atoms with Crippen molar-refractivity contribution >= 4 is 6.09 Å². The summed E-state index contributed by atoms with van der Waals surface area (Å²) in [6, 6.07) is -1.98. The maximum atomic E-state index is 12.9. The topological polar surface area (TPSA) is 32.8 Å². The highest BCUT2D eigenvalue weighted by Crippen LogP contribution is 2.29. The van der Waals surface area contributed by atoms with Crippen molar-refractivity contribution < 1.29 is 22.7 Å². The molecule has 0 aromatic carbocycles. The summed E-state index contributed by atoms with van der Waals surface area (Å²) in [7, 11) is 1.43. The second-order valence-corrected chi connectivity index (χ2v) is 4.94. The van der Waals surface area contributed by atoms with Crippen LogP contribution < -0.4 is 0 Å². The summed E-state index contributed by atoms with van der Waals surface area (Å²) < 4.78 is 43.6. The van der Waals surface area contributed by atoms with Crippen LogP contribution in [0.1, 0.15) is 26.7 Å². The molecule has 1 fully saturated rings. The molecule has 0 saturated carbocycles. The lowest BCUT2D eigenvalue weighted by atomic mass is 10.1. The Morgan fingerprint density at radius 1 is 1.37 bits per heavy atom. The second kappa shape index (κ2) is 6.45. The third-order valence-electron chi connectivity index (χ3n) is 3.42. The molecule has 19 heavy (non-hydrogen) atoms. The number of hydrogen-bond acceptors (Lipinski definition) is 3. The Bertz CT molecular complexity index is 310. The molecule has 1 heterocycles. The molecule has 112 valence electrons. The molecule has 1 saturated heterocycles. The molecule has 0 radical (unpaired) electrons. The molecule has 1 aliphatic heterocycles. The van der Waals surface area contributed by atoms with Crippen LogP contribution >= 0.6 is 0 Å². The van der Waals surface area contributed by atoms with E-state index in [-0.39, 0.29) is 25.7 Å². The molecule has 1 aliphatic rings. The van der Waals surface area contributed by atoms with E-state index in [0.717, 1.165) is 17.7 Å². The number of amides is 1. The fraction of sp³-hybridized carbons (Fsp3) is 0.917. The number of unbranched alkanes of at least 4 members (excludes halogenated alkanes) is 1. The van der Waals surface area contributed by atoms with Gasteiger partial charge in [0.2, 0.25) is 0 Å². The predicted molar refractivity (Wildman–Crippen MR) is 64.9 cm³/mol. The number of hydrogen-bond donors (Lipinski definition) is 0. The number of carbonyl (C=O) groups excluding carboxylic acids is 1. The van der Waals surface area contributed by atoms with Crippen LogP contribution in [-0.2, 0) is 4.74 Å². The Hall–Kier alpha value is -0.980. The molecule has 0 aromatic heterocycles. The number of alkyl halides is 3. The Labute approximate surface area is 111 Å². The van der Waals surface area contributed by atoms with Crippen LogP contribution in [0.3, 0.4) is 0 Å². The summed E-state index contributed by atoms with van der Waals surface area (Å²) in [5, 5.41) is 0. The van der Waals surface area contributed by atoms with E-state index in [2.05, 4.69) is 0 Å². The van der Waals surface area contributed by atoms with Gasteiger partial charge in [0.05, 0.1) is 6.61 Å². The van der Waals surface area contributed by atoms with Crippen LogP contribution in [-0.4, -0.2) is 60.9 Å². The van der Waals surface area contributed by atoms with Crippen molar-refractivity contribution in [3.05, 3.63) is 0 Å². The highest BCUT2D eigenvalue weighted by atomic mass is 19.4. The van der Waals surface area contributed by atoms with E-state index in [9.17, 15) is 18.0 Å². The van der Waals surface area contributed by atoms with Crippen molar-refractivity contribution in [2.75, 3.05) is 26.7 Å². The first-order valence-electron chi connectivity index (χ1n) is 6.47. The first-order chi connectivity index (χ1) is 8.77. The number of halogens is 3. The molecule has 4 nitrogen and oxygen atoms in total. The molecule has 0 bridgehead atoms. The molecule has 2 atom stereocenters. The second-order valence-electron chi connectivity index (χ2n) is 4.94. The molecule has 0 aliphatic carbocycles. The van der Waals surface area contributed by atoms with Crippen LogP contribution in [0.25, 0.3) is 0 Å². The zero-order valence-corrected chi connectivity index (χ0v) is 11.5. The normalized spacial score (nSPS) is 25.5. The summed E-state index contributed by atoms with van der Waals surface area (Å²) in [6.07, 6.45) is -3.40. The summed E-state index contributed by atoms with van der Waals surface area (Å²) in [5.74, 6) is 0. The lowest BCUT2D eigenvalue weighted by Crippen LogP contribution is -2.62. The van der Waals surface area contributed by atoms with Gasteiger partial charge in [-0.15, -0.1) is 0 Å². The van der Waals surface area contributed by atoms with Crippen molar-refractivity contribution in [2.45, 2.75) is 44.9 Å². The van der Waals surface area contributed by atoms with Crippen molar-refractivity contribution in [2.24, 2.45) is 0 Å². The van der Waals surface area contributed by atoms with E-state index >= 15 is 0 Å². The SMILES string of the molecule is CCCCOC(=O)N1CC(C)N(C)C(C(F)(F)F)C1. The molecule has 0 aromatic rings. The van der Waals surface area contributed by atoms with Gasteiger partial charge in [-0.1, -0.05) is 13.3 Å².